The van der Waals surface area contributed by atoms with Gasteiger partial charge < -0.3 is 10.1 Å². The van der Waals surface area contributed by atoms with E-state index in [-0.39, 0.29) is 12.1 Å². The first-order chi connectivity index (χ1) is 17.6. The van der Waals surface area contributed by atoms with Crippen molar-refractivity contribution in [3.05, 3.63) is 95.9 Å². The van der Waals surface area contributed by atoms with Crippen molar-refractivity contribution in [3.8, 4) is 11.8 Å². The van der Waals surface area contributed by atoms with Crippen LogP contribution in [0.3, 0.4) is 0 Å². The molecule has 36 heavy (non-hydrogen) atoms. The lowest BCUT2D eigenvalue weighted by molar-refractivity contribution is -0.0829. The third kappa shape index (κ3) is 4.85. The normalized spacial score (nSPS) is 14.7. The van der Waals surface area contributed by atoms with E-state index in [1.165, 1.54) is 12.2 Å². The highest BCUT2D eigenvalue weighted by atomic mass is 16.7. The van der Waals surface area contributed by atoms with Crippen molar-refractivity contribution >= 4 is 29.1 Å². The number of hydrogen-bond donors (Lipinski definition) is 2. The lowest BCUT2D eigenvalue weighted by Crippen LogP contribution is -2.33. The number of fused-ring (bicyclic) bond motifs is 1. The number of imidazole rings is 1. The number of aromatic nitrogens is 2. The standard InChI is InChI=1S/C27H23N5O4/c1-35-27(34)30-23-11-6-15-31-22(18-28-25(23)31)13-12-19-7-5-10-21(17-19)29-26(33)32-24(14-16-36-32)20-8-3-2-4-9-20/h2-11,15,17-18,24H,14,16H2,1H3,(H,29,33)(H,30,34)/t24-/m0/s1. The molecule has 2 aromatic heterocycles. The van der Waals surface area contributed by atoms with Crippen molar-refractivity contribution in [3.63, 3.8) is 0 Å². The number of amides is 3. The van der Waals surface area contributed by atoms with Gasteiger partial charge in [-0.3, -0.25) is 14.6 Å². The number of carbonyl (C=O) groups excluding carboxylic acids is 2. The first kappa shape index (κ1) is 23.0. The number of urea groups is 1. The number of nitrogens with zero attached hydrogens (tertiary/aromatic N) is 3. The molecule has 0 aliphatic carbocycles. The summed E-state index contributed by atoms with van der Waals surface area (Å²) in [6.07, 6.45) is 3.60. The van der Waals surface area contributed by atoms with E-state index in [9.17, 15) is 9.59 Å². The van der Waals surface area contributed by atoms with Crippen molar-refractivity contribution in [1.29, 1.82) is 0 Å². The van der Waals surface area contributed by atoms with Crippen LogP contribution < -0.4 is 10.6 Å². The van der Waals surface area contributed by atoms with Gasteiger partial charge in [0.25, 0.3) is 0 Å². The second-order valence-corrected chi connectivity index (χ2v) is 8.01. The lowest BCUT2D eigenvalue weighted by Gasteiger charge is -2.23. The number of benzene rings is 2. The molecule has 1 aliphatic heterocycles. The summed E-state index contributed by atoms with van der Waals surface area (Å²) in [6, 6.07) is 20.2. The molecule has 0 radical (unpaired) electrons. The molecule has 2 aromatic carbocycles. The van der Waals surface area contributed by atoms with Crippen molar-refractivity contribution in [2.75, 3.05) is 24.4 Å². The molecule has 1 saturated heterocycles. The zero-order chi connectivity index (χ0) is 24.9. The Bertz CT molecular complexity index is 1470. The van der Waals surface area contributed by atoms with E-state index in [0.29, 0.717) is 34.9 Å². The SMILES string of the molecule is COC(=O)Nc1cccn2c(C#Cc3cccc(NC(=O)N4OCC[C@H]4c4ccccc4)c3)cnc12. The summed E-state index contributed by atoms with van der Waals surface area (Å²) in [6.45, 7) is 0.481. The maximum Gasteiger partial charge on any atom is 0.411 e. The summed E-state index contributed by atoms with van der Waals surface area (Å²) >= 11 is 0. The zero-order valence-electron chi connectivity index (χ0n) is 19.5. The second kappa shape index (κ2) is 10.2. The van der Waals surface area contributed by atoms with E-state index in [1.54, 1.807) is 34.9 Å². The van der Waals surface area contributed by atoms with Gasteiger partial charge in [0.2, 0.25) is 0 Å². The fourth-order valence-electron chi connectivity index (χ4n) is 4.00. The number of ether oxygens (including phenoxy) is 1. The van der Waals surface area contributed by atoms with Crippen LogP contribution in [0.1, 0.15) is 29.3 Å². The topological polar surface area (TPSA) is 97.2 Å². The Morgan fingerprint density at radius 3 is 2.75 bits per heavy atom. The predicted octanol–water partition coefficient (Wildman–Crippen LogP) is 4.82. The van der Waals surface area contributed by atoms with Crippen LogP contribution in [0, 0.1) is 11.8 Å². The van der Waals surface area contributed by atoms with Gasteiger partial charge >= 0.3 is 12.1 Å². The van der Waals surface area contributed by atoms with Crippen LogP contribution in [0.25, 0.3) is 5.65 Å². The number of carbonyl (C=O) groups is 2. The third-order valence-corrected chi connectivity index (χ3v) is 5.70. The minimum Gasteiger partial charge on any atom is -0.453 e. The fourth-order valence-corrected chi connectivity index (χ4v) is 4.00. The average molecular weight is 482 g/mol. The van der Waals surface area contributed by atoms with Gasteiger partial charge in [-0.2, -0.15) is 5.06 Å². The number of rotatable bonds is 3. The van der Waals surface area contributed by atoms with E-state index in [1.807, 2.05) is 48.7 Å². The minimum absolute atomic E-state index is 0.136. The van der Waals surface area contributed by atoms with E-state index in [4.69, 9.17) is 4.84 Å². The minimum atomic E-state index is -0.577. The highest BCUT2D eigenvalue weighted by Gasteiger charge is 2.31. The molecule has 1 aliphatic rings. The highest BCUT2D eigenvalue weighted by molar-refractivity contribution is 5.90. The Hall–Kier alpha value is -4.81. The summed E-state index contributed by atoms with van der Waals surface area (Å²) in [5, 5.41) is 6.93. The number of pyridine rings is 1. The molecule has 1 fully saturated rings. The van der Waals surface area contributed by atoms with Gasteiger partial charge in [0.1, 0.15) is 5.69 Å². The Morgan fingerprint density at radius 1 is 1.06 bits per heavy atom. The van der Waals surface area contributed by atoms with E-state index in [2.05, 4.69) is 32.2 Å². The number of methoxy groups -OCH3 is 1. The number of nitrogens with one attached hydrogen (secondary N) is 2. The maximum atomic E-state index is 12.9. The van der Waals surface area contributed by atoms with Crippen LogP contribution >= 0.6 is 0 Å². The lowest BCUT2D eigenvalue weighted by atomic mass is 10.1. The molecule has 2 N–H and O–H groups in total. The van der Waals surface area contributed by atoms with Crippen LogP contribution in [0.15, 0.2) is 79.1 Å². The Labute approximate surface area is 207 Å². The summed E-state index contributed by atoms with van der Waals surface area (Å²) in [7, 11) is 1.30. The molecule has 1 atom stereocenters. The van der Waals surface area contributed by atoms with E-state index < -0.39 is 6.09 Å². The van der Waals surface area contributed by atoms with Crippen molar-refractivity contribution < 1.29 is 19.2 Å². The summed E-state index contributed by atoms with van der Waals surface area (Å²) in [4.78, 5) is 34.5. The Kier molecular flexibility index (Phi) is 6.51. The average Bonchev–Trinajstić information content (AvgIpc) is 3.56. The Balaban J connectivity index is 1.32. The smallest absolute Gasteiger partial charge is 0.411 e. The molecule has 3 amide bonds. The number of anilines is 2. The zero-order valence-corrected chi connectivity index (χ0v) is 19.5. The van der Waals surface area contributed by atoms with E-state index in [0.717, 1.165) is 12.0 Å². The quantitative estimate of drug-likeness (QED) is 0.409. The molecule has 9 nitrogen and oxygen atoms in total. The van der Waals surface area contributed by atoms with Crippen LogP contribution in [0.4, 0.5) is 21.0 Å². The van der Waals surface area contributed by atoms with Crippen molar-refractivity contribution in [2.45, 2.75) is 12.5 Å². The van der Waals surface area contributed by atoms with Gasteiger partial charge in [-0.1, -0.05) is 42.3 Å². The number of hydrogen-bond acceptors (Lipinski definition) is 5. The number of hydroxylamine groups is 2. The van der Waals surface area contributed by atoms with Crippen LogP contribution in [0.2, 0.25) is 0 Å². The molecule has 0 unspecified atom stereocenters. The molecular formula is C27H23N5O4. The fraction of sp³-hybridized carbons (Fsp3) is 0.148. The predicted molar refractivity (Wildman–Crippen MR) is 134 cm³/mol. The third-order valence-electron chi connectivity index (χ3n) is 5.70. The molecule has 3 heterocycles. The summed E-state index contributed by atoms with van der Waals surface area (Å²) in [5.74, 6) is 6.21. The van der Waals surface area contributed by atoms with Gasteiger partial charge in [0.05, 0.1) is 31.6 Å². The molecule has 5 rings (SSSR count). The molecule has 0 saturated carbocycles. The molecule has 9 heteroatoms. The van der Waals surface area contributed by atoms with E-state index >= 15 is 0 Å². The van der Waals surface area contributed by atoms with Crippen LogP contribution in [0.5, 0.6) is 0 Å². The van der Waals surface area contributed by atoms with Gasteiger partial charge in [-0.25, -0.2) is 14.6 Å². The Morgan fingerprint density at radius 2 is 1.92 bits per heavy atom. The summed E-state index contributed by atoms with van der Waals surface area (Å²) < 4.78 is 6.43. The van der Waals surface area contributed by atoms with Crippen LogP contribution in [-0.4, -0.2) is 40.3 Å². The monoisotopic (exact) mass is 481 g/mol. The van der Waals surface area contributed by atoms with Crippen LogP contribution in [-0.2, 0) is 9.57 Å². The molecule has 180 valence electrons. The molecular weight excluding hydrogens is 458 g/mol. The molecule has 0 spiro atoms. The van der Waals surface area contributed by atoms with Gasteiger partial charge in [0, 0.05) is 23.9 Å². The summed E-state index contributed by atoms with van der Waals surface area (Å²) in [5.41, 5.74) is 4.06. The first-order valence-corrected chi connectivity index (χ1v) is 11.3. The second-order valence-electron chi connectivity index (χ2n) is 8.01. The van der Waals surface area contributed by atoms with Gasteiger partial charge in [-0.15, -0.1) is 0 Å². The van der Waals surface area contributed by atoms with Crippen molar-refractivity contribution in [1.82, 2.24) is 14.4 Å². The maximum absolute atomic E-state index is 12.9. The highest BCUT2D eigenvalue weighted by Crippen LogP contribution is 2.30. The van der Waals surface area contributed by atoms with Gasteiger partial charge in [0.15, 0.2) is 5.65 Å². The largest absolute Gasteiger partial charge is 0.453 e. The van der Waals surface area contributed by atoms with Gasteiger partial charge in [-0.05, 0) is 41.8 Å². The molecule has 4 aromatic rings. The van der Waals surface area contributed by atoms with Crippen molar-refractivity contribution in [2.24, 2.45) is 0 Å². The first-order valence-electron chi connectivity index (χ1n) is 11.3. The molecule has 0 bridgehead atoms.